The summed E-state index contributed by atoms with van der Waals surface area (Å²) in [7, 11) is -2.58. The molecular formula is C17H16ClFN2O5S. The van der Waals surface area contributed by atoms with Gasteiger partial charge in [0.2, 0.25) is 15.9 Å². The zero-order valence-electron chi connectivity index (χ0n) is 14.4. The zero-order chi connectivity index (χ0) is 20.2. The fourth-order valence-electron chi connectivity index (χ4n) is 2.18. The van der Waals surface area contributed by atoms with Crippen LogP contribution in [-0.2, 0) is 19.6 Å². The van der Waals surface area contributed by atoms with Crippen molar-refractivity contribution in [1.82, 2.24) is 0 Å². The van der Waals surface area contributed by atoms with Gasteiger partial charge in [0, 0.05) is 5.69 Å². The Labute approximate surface area is 160 Å². The summed E-state index contributed by atoms with van der Waals surface area (Å²) in [6.07, 6.45) is 0.919. The van der Waals surface area contributed by atoms with Crippen LogP contribution in [0.5, 0.6) is 0 Å². The minimum atomic E-state index is -3.83. The van der Waals surface area contributed by atoms with Crippen LogP contribution in [0, 0.1) is 5.82 Å². The molecular weight excluding hydrogens is 399 g/mol. The van der Waals surface area contributed by atoms with Gasteiger partial charge in [-0.05, 0) is 42.5 Å². The van der Waals surface area contributed by atoms with Gasteiger partial charge in [-0.1, -0.05) is 11.6 Å². The molecule has 144 valence electrons. The van der Waals surface area contributed by atoms with Gasteiger partial charge in [0.15, 0.2) is 0 Å². The fraction of sp³-hybridized carbons (Fsp3) is 0.176. The number of ether oxygens (including phenoxy) is 1. The Morgan fingerprint density at radius 2 is 1.81 bits per heavy atom. The lowest BCUT2D eigenvalue weighted by Crippen LogP contribution is -2.37. The molecule has 0 aromatic heterocycles. The molecule has 0 spiro atoms. The van der Waals surface area contributed by atoms with E-state index in [1.165, 1.54) is 37.4 Å². The van der Waals surface area contributed by atoms with Crippen LogP contribution in [0.25, 0.3) is 0 Å². The number of amides is 1. The molecule has 0 fully saturated rings. The number of carbonyl (C=O) groups excluding carboxylic acids is 2. The largest absolute Gasteiger partial charge is 0.465 e. The topological polar surface area (TPSA) is 92.8 Å². The molecule has 0 atom stereocenters. The molecule has 27 heavy (non-hydrogen) atoms. The number of rotatable bonds is 6. The second-order valence-corrected chi connectivity index (χ2v) is 7.80. The van der Waals surface area contributed by atoms with E-state index in [1.807, 2.05) is 0 Å². The highest BCUT2D eigenvalue weighted by atomic mass is 35.5. The van der Waals surface area contributed by atoms with Crippen molar-refractivity contribution in [2.24, 2.45) is 0 Å². The van der Waals surface area contributed by atoms with Gasteiger partial charge >= 0.3 is 5.97 Å². The summed E-state index contributed by atoms with van der Waals surface area (Å²) in [6.45, 7) is -0.542. The lowest BCUT2D eigenvalue weighted by molar-refractivity contribution is -0.114. The third-order valence-electron chi connectivity index (χ3n) is 3.47. The van der Waals surface area contributed by atoms with Gasteiger partial charge in [-0.25, -0.2) is 17.6 Å². The molecule has 1 amide bonds. The van der Waals surface area contributed by atoms with E-state index in [9.17, 15) is 22.4 Å². The average molecular weight is 415 g/mol. The molecule has 0 unspecified atom stereocenters. The molecule has 7 nitrogen and oxygen atoms in total. The number of sulfonamides is 1. The van der Waals surface area contributed by atoms with Gasteiger partial charge < -0.3 is 10.1 Å². The van der Waals surface area contributed by atoms with Crippen molar-refractivity contribution in [2.45, 2.75) is 0 Å². The number of hydrogen-bond acceptors (Lipinski definition) is 5. The molecule has 0 saturated carbocycles. The molecule has 0 bridgehead atoms. The molecule has 0 saturated heterocycles. The highest BCUT2D eigenvalue weighted by Crippen LogP contribution is 2.24. The van der Waals surface area contributed by atoms with Crippen LogP contribution in [0.2, 0.25) is 5.02 Å². The maximum Gasteiger partial charge on any atom is 0.337 e. The minimum absolute atomic E-state index is 0.0556. The van der Waals surface area contributed by atoms with Gasteiger partial charge in [-0.2, -0.15) is 0 Å². The summed E-state index contributed by atoms with van der Waals surface area (Å²) in [6, 6.07) is 9.20. The molecule has 2 aromatic carbocycles. The van der Waals surface area contributed by atoms with Gasteiger partial charge in [0.1, 0.15) is 12.4 Å². The van der Waals surface area contributed by atoms with Crippen LogP contribution in [0.1, 0.15) is 10.4 Å². The Morgan fingerprint density at radius 1 is 1.19 bits per heavy atom. The van der Waals surface area contributed by atoms with Crippen molar-refractivity contribution >= 4 is 44.9 Å². The number of nitrogens with zero attached hydrogens (tertiary/aromatic N) is 1. The summed E-state index contributed by atoms with van der Waals surface area (Å²) in [5.74, 6) is -1.86. The number of benzene rings is 2. The molecule has 1 N–H and O–H groups in total. The number of anilines is 2. The Bertz CT molecular complexity index is 964. The average Bonchev–Trinajstić information content (AvgIpc) is 2.61. The maximum absolute atomic E-state index is 13.3. The van der Waals surface area contributed by atoms with Gasteiger partial charge in [0.25, 0.3) is 0 Å². The third kappa shape index (κ3) is 5.41. The molecule has 0 aliphatic carbocycles. The van der Waals surface area contributed by atoms with Crippen LogP contribution in [0.4, 0.5) is 15.8 Å². The van der Waals surface area contributed by atoms with Crippen molar-refractivity contribution in [3.63, 3.8) is 0 Å². The van der Waals surface area contributed by atoms with E-state index in [0.29, 0.717) is 11.3 Å². The van der Waals surface area contributed by atoms with E-state index in [1.54, 1.807) is 0 Å². The van der Waals surface area contributed by atoms with Crippen LogP contribution in [0.15, 0.2) is 42.5 Å². The van der Waals surface area contributed by atoms with Gasteiger partial charge in [-0.15, -0.1) is 0 Å². The monoisotopic (exact) mass is 414 g/mol. The smallest absolute Gasteiger partial charge is 0.337 e. The molecule has 0 heterocycles. The Hall–Kier alpha value is -2.65. The van der Waals surface area contributed by atoms with Crippen molar-refractivity contribution in [3.05, 3.63) is 58.9 Å². The van der Waals surface area contributed by atoms with Crippen LogP contribution in [-0.4, -0.2) is 40.2 Å². The van der Waals surface area contributed by atoms with E-state index < -0.39 is 34.3 Å². The minimum Gasteiger partial charge on any atom is -0.465 e. The van der Waals surface area contributed by atoms with Crippen molar-refractivity contribution in [3.8, 4) is 0 Å². The molecule has 0 aliphatic rings. The maximum atomic E-state index is 13.3. The predicted molar refractivity (Wildman–Crippen MR) is 100 cm³/mol. The van der Waals surface area contributed by atoms with Crippen molar-refractivity contribution in [2.75, 3.05) is 29.5 Å². The summed E-state index contributed by atoms with van der Waals surface area (Å²) < 4.78 is 42.7. The number of carbonyl (C=O) groups is 2. The van der Waals surface area contributed by atoms with Crippen molar-refractivity contribution in [1.29, 1.82) is 0 Å². The lowest BCUT2D eigenvalue weighted by Gasteiger charge is -2.22. The SMILES string of the molecule is COC(=O)c1ccc(NC(=O)CN(c2ccc(F)c(Cl)c2)S(C)(=O)=O)cc1. The first-order chi connectivity index (χ1) is 12.6. The van der Waals surface area contributed by atoms with Crippen LogP contribution < -0.4 is 9.62 Å². The first-order valence-corrected chi connectivity index (χ1v) is 9.75. The molecule has 2 rings (SSSR count). The summed E-state index contributed by atoms with van der Waals surface area (Å²) >= 11 is 5.69. The van der Waals surface area contributed by atoms with Crippen LogP contribution >= 0.6 is 11.6 Å². The predicted octanol–water partition coefficient (Wildman–Crippen LogP) is 2.67. The highest BCUT2D eigenvalue weighted by molar-refractivity contribution is 7.92. The van der Waals surface area contributed by atoms with E-state index in [-0.39, 0.29) is 10.7 Å². The first-order valence-electron chi connectivity index (χ1n) is 7.53. The quantitative estimate of drug-likeness (QED) is 0.733. The Kier molecular flexibility index (Phi) is 6.40. The van der Waals surface area contributed by atoms with E-state index in [4.69, 9.17) is 11.6 Å². The Morgan fingerprint density at radius 3 is 2.33 bits per heavy atom. The molecule has 0 aliphatic heterocycles. The Balaban J connectivity index is 2.17. The van der Waals surface area contributed by atoms with Gasteiger partial charge in [0.05, 0.1) is 29.6 Å². The van der Waals surface area contributed by atoms with Gasteiger partial charge in [-0.3, -0.25) is 9.10 Å². The normalized spacial score (nSPS) is 11.0. The molecule has 10 heteroatoms. The van der Waals surface area contributed by atoms with Crippen molar-refractivity contribution < 1.29 is 27.1 Å². The van der Waals surface area contributed by atoms with E-state index in [2.05, 4.69) is 10.1 Å². The number of halogens is 2. The van der Waals surface area contributed by atoms with E-state index >= 15 is 0 Å². The summed E-state index contributed by atoms with van der Waals surface area (Å²) in [5.41, 5.74) is 0.715. The number of esters is 1. The second kappa shape index (κ2) is 8.36. The van der Waals surface area contributed by atoms with Crippen LogP contribution in [0.3, 0.4) is 0 Å². The number of methoxy groups -OCH3 is 1. The first kappa shape index (κ1) is 20.7. The number of hydrogen-bond donors (Lipinski definition) is 1. The zero-order valence-corrected chi connectivity index (χ0v) is 16.0. The number of nitrogens with one attached hydrogen (secondary N) is 1. The molecule has 0 radical (unpaired) electrons. The fourth-order valence-corrected chi connectivity index (χ4v) is 3.20. The highest BCUT2D eigenvalue weighted by Gasteiger charge is 2.22. The summed E-state index contributed by atoms with van der Waals surface area (Å²) in [4.78, 5) is 23.6. The lowest BCUT2D eigenvalue weighted by atomic mass is 10.2. The van der Waals surface area contributed by atoms with E-state index in [0.717, 1.165) is 22.7 Å². The summed E-state index contributed by atoms with van der Waals surface area (Å²) in [5, 5.41) is 2.26. The second-order valence-electron chi connectivity index (χ2n) is 5.49. The standard InChI is InChI=1S/C17H16ClFN2O5S/c1-26-17(23)11-3-5-12(6-4-11)20-16(22)10-21(27(2,24)25)13-7-8-15(19)14(18)9-13/h3-9H,10H2,1-2H3,(H,20,22). The molecule has 2 aromatic rings. The third-order valence-corrected chi connectivity index (χ3v) is 4.90.